The molecule has 0 radical (unpaired) electrons. The fourth-order valence-electron chi connectivity index (χ4n) is 4.02. The average molecular weight is 524 g/mol. The van der Waals surface area contributed by atoms with Gasteiger partial charge in [-0.1, -0.05) is 51.1 Å². The van der Waals surface area contributed by atoms with E-state index in [-0.39, 0.29) is 31.2 Å². The van der Waals surface area contributed by atoms with Crippen molar-refractivity contribution in [3.8, 4) is 5.88 Å². The summed E-state index contributed by atoms with van der Waals surface area (Å²) in [5, 5.41) is 2.71. The van der Waals surface area contributed by atoms with Crippen molar-refractivity contribution in [2.24, 2.45) is 0 Å². The summed E-state index contributed by atoms with van der Waals surface area (Å²) in [5.74, 6) is -1.15. The second-order valence-electron chi connectivity index (χ2n) is 10.5. The number of ether oxygens (including phenoxy) is 2. The highest BCUT2D eigenvalue weighted by atomic mass is 16.7. The summed E-state index contributed by atoms with van der Waals surface area (Å²) in [7, 11) is 0. The van der Waals surface area contributed by atoms with Gasteiger partial charge in [0.1, 0.15) is 11.6 Å². The number of carbonyl (C=O) groups excluding carboxylic acids is 3. The quantitative estimate of drug-likeness (QED) is 0.423. The minimum absolute atomic E-state index is 0.257. The molecule has 1 aliphatic heterocycles. The van der Waals surface area contributed by atoms with Crippen LogP contribution in [-0.4, -0.2) is 46.5 Å². The van der Waals surface area contributed by atoms with Gasteiger partial charge in [-0.3, -0.25) is 24.7 Å². The Kier molecular flexibility index (Phi) is 9.27. The number of hydrogen-bond acceptors (Lipinski definition) is 8. The molecule has 1 aromatic carbocycles. The summed E-state index contributed by atoms with van der Waals surface area (Å²) in [4.78, 5) is 49.2. The first-order valence-electron chi connectivity index (χ1n) is 12.8. The van der Waals surface area contributed by atoms with Crippen LogP contribution in [0, 0.1) is 0 Å². The molecular weight excluding hydrogens is 486 g/mol. The van der Waals surface area contributed by atoms with Crippen LogP contribution in [0.2, 0.25) is 0 Å². The van der Waals surface area contributed by atoms with Crippen molar-refractivity contribution in [1.82, 2.24) is 15.8 Å². The predicted octanol–water partition coefficient (Wildman–Crippen LogP) is 4.09. The molecule has 0 aliphatic carbocycles. The molecule has 9 heteroatoms. The van der Waals surface area contributed by atoms with Gasteiger partial charge in [0.25, 0.3) is 5.91 Å². The fourth-order valence-corrected chi connectivity index (χ4v) is 4.02. The molecule has 2 aromatic rings. The highest BCUT2D eigenvalue weighted by Gasteiger charge is 2.43. The Bertz CT molecular complexity index is 1170. The Morgan fingerprint density at radius 2 is 1.82 bits per heavy atom. The number of hydroxylamine groups is 1. The zero-order valence-electron chi connectivity index (χ0n) is 22.9. The SMILES string of the molecule is CCC1(C(=O)N[C@@H](CC(=O)OC(C)(C)C)C(=O)COc2ccccn2)C=C(c2ccccc2C(C)C)NO1. The third-order valence-electron chi connectivity index (χ3n) is 5.99. The molecule has 1 unspecified atom stereocenters. The van der Waals surface area contributed by atoms with E-state index in [1.165, 1.54) is 6.20 Å². The third kappa shape index (κ3) is 7.41. The van der Waals surface area contributed by atoms with Crippen molar-refractivity contribution in [2.75, 3.05) is 6.61 Å². The number of carbonyl (C=O) groups is 3. The lowest BCUT2D eigenvalue weighted by Crippen LogP contribution is -2.53. The molecule has 204 valence electrons. The summed E-state index contributed by atoms with van der Waals surface area (Å²) in [5.41, 5.74) is 3.47. The normalized spacial score (nSPS) is 17.8. The molecule has 1 aromatic heterocycles. The largest absolute Gasteiger partial charge is 0.470 e. The van der Waals surface area contributed by atoms with Crippen molar-refractivity contribution in [2.45, 2.75) is 77.5 Å². The number of amides is 1. The second-order valence-corrected chi connectivity index (χ2v) is 10.5. The van der Waals surface area contributed by atoms with Gasteiger partial charge in [0, 0.05) is 17.8 Å². The van der Waals surface area contributed by atoms with E-state index in [1.807, 2.05) is 31.2 Å². The second kappa shape index (κ2) is 12.2. The number of aromatic nitrogens is 1. The number of rotatable bonds is 11. The molecule has 0 saturated heterocycles. The molecule has 0 bridgehead atoms. The highest BCUT2D eigenvalue weighted by Crippen LogP contribution is 2.33. The van der Waals surface area contributed by atoms with Crippen molar-refractivity contribution in [3.63, 3.8) is 0 Å². The molecule has 9 nitrogen and oxygen atoms in total. The zero-order chi connectivity index (χ0) is 27.9. The summed E-state index contributed by atoms with van der Waals surface area (Å²) in [6, 6.07) is 11.8. The van der Waals surface area contributed by atoms with Gasteiger partial charge in [0.15, 0.2) is 18.0 Å². The monoisotopic (exact) mass is 523 g/mol. The number of Topliss-reactive ketones (excluding diaryl/α,β-unsaturated/α-hetero) is 1. The summed E-state index contributed by atoms with van der Waals surface area (Å²) >= 11 is 0. The van der Waals surface area contributed by atoms with E-state index in [0.29, 0.717) is 5.70 Å². The van der Waals surface area contributed by atoms with E-state index >= 15 is 0 Å². The first-order valence-corrected chi connectivity index (χ1v) is 12.8. The smallest absolute Gasteiger partial charge is 0.308 e. The van der Waals surface area contributed by atoms with E-state index in [9.17, 15) is 14.4 Å². The van der Waals surface area contributed by atoms with Crippen LogP contribution < -0.4 is 15.5 Å². The van der Waals surface area contributed by atoms with Crippen molar-refractivity contribution >= 4 is 23.4 Å². The summed E-state index contributed by atoms with van der Waals surface area (Å²) < 4.78 is 10.9. The Morgan fingerprint density at radius 1 is 1.11 bits per heavy atom. The molecule has 2 heterocycles. The Hall–Kier alpha value is -3.72. The maximum atomic E-state index is 13.6. The van der Waals surface area contributed by atoms with Gasteiger partial charge in [0.2, 0.25) is 5.88 Å². The standard InChI is InChI=1S/C29H37N3O6/c1-7-29(17-23(32-38-29)21-13-9-8-12-20(21)19(2)3)27(35)31-22(16-26(34)37-28(4,5)6)24(33)18-36-25-14-10-11-15-30-25/h8-15,17,19,22,32H,7,16,18H2,1-6H3,(H,31,35)/t22-,29?/m0/s1. The van der Waals surface area contributed by atoms with Gasteiger partial charge in [0.05, 0.1) is 12.1 Å². The molecule has 0 spiro atoms. The molecule has 0 saturated carbocycles. The highest BCUT2D eigenvalue weighted by molar-refractivity contribution is 5.97. The van der Waals surface area contributed by atoms with E-state index in [2.05, 4.69) is 29.6 Å². The van der Waals surface area contributed by atoms with Crippen LogP contribution in [0.15, 0.2) is 54.7 Å². The lowest BCUT2D eigenvalue weighted by atomic mass is 9.92. The van der Waals surface area contributed by atoms with Gasteiger partial charge in [-0.25, -0.2) is 4.98 Å². The number of esters is 1. The summed E-state index contributed by atoms with van der Waals surface area (Å²) in [6.45, 7) is 10.8. The Morgan fingerprint density at radius 3 is 2.45 bits per heavy atom. The minimum Gasteiger partial charge on any atom is -0.470 e. The Balaban J connectivity index is 1.82. The molecule has 2 atom stereocenters. The maximum Gasteiger partial charge on any atom is 0.308 e. The molecule has 1 aliphatic rings. The fraction of sp³-hybridized carbons (Fsp3) is 0.448. The number of pyridine rings is 1. The van der Waals surface area contributed by atoms with E-state index in [1.54, 1.807) is 45.0 Å². The lowest BCUT2D eigenvalue weighted by molar-refractivity contribution is -0.157. The zero-order valence-corrected chi connectivity index (χ0v) is 22.9. The summed E-state index contributed by atoms with van der Waals surface area (Å²) in [6.07, 6.45) is 3.20. The van der Waals surface area contributed by atoms with Crippen LogP contribution in [0.4, 0.5) is 0 Å². The average Bonchev–Trinajstić information content (AvgIpc) is 3.32. The van der Waals surface area contributed by atoms with Gasteiger partial charge in [-0.15, -0.1) is 0 Å². The molecular formula is C29H37N3O6. The van der Waals surface area contributed by atoms with Crippen LogP contribution in [0.5, 0.6) is 5.88 Å². The number of nitrogens with one attached hydrogen (secondary N) is 2. The minimum atomic E-state index is -1.38. The van der Waals surface area contributed by atoms with Gasteiger partial charge in [-0.05, 0) is 50.8 Å². The molecule has 1 amide bonds. The van der Waals surface area contributed by atoms with Crippen LogP contribution in [-0.2, 0) is 24.0 Å². The van der Waals surface area contributed by atoms with Crippen LogP contribution in [0.1, 0.15) is 71.4 Å². The van der Waals surface area contributed by atoms with Crippen molar-refractivity contribution in [3.05, 3.63) is 65.9 Å². The number of hydrogen-bond donors (Lipinski definition) is 2. The first-order chi connectivity index (χ1) is 17.9. The van der Waals surface area contributed by atoms with E-state index in [4.69, 9.17) is 14.3 Å². The van der Waals surface area contributed by atoms with Crippen molar-refractivity contribution in [1.29, 1.82) is 0 Å². The van der Waals surface area contributed by atoms with Gasteiger partial charge < -0.3 is 14.8 Å². The van der Waals surface area contributed by atoms with Gasteiger partial charge >= 0.3 is 5.97 Å². The van der Waals surface area contributed by atoms with Crippen molar-refractivity contribution < 1.29 is 28.7 Å². The molecule has 3 rings (SSSR count). The molecule has 2 N–H and O–H groups in total. The van der Waals surface area contributed by atoms with Crippen LogP contribution in [0.25, 0.3) is 5.70 Å². The molecule has 38 heavy (non-hydrogen) atoms. The van der Waals surface area contributed by atoms with Crippen LogP contribution >= 0.6 is 0 Å². The third-order valence-corrected chi connectivity index (χ3v) is 5.99. The number of nitrogens with zero attached hydrogens (tertiary/aromatic N) is 1. The first kappa shape index (κ1) is 28.8. The number of ketones is 1. The lowest BCUT2D eigenvalue weighted by Gasteiger charge is -2.27. The van der Waals surface area contributed by atoms with E-state index in [0.717, 1.165) is 11.1 Å². The number of benzene rings is 1. The van der Waals surface area contributed by atoms with E-state index < -0.39 is 34.9 Å². The molecule has 0 fully saturated rings. The van der Waals surface area contributed by atoms with Crippen LogP contribution in [0.3, 0.4) is 0 Å². The Labute approximate surface area is 223 Å². The maximum absolute atomic E-state index is 13.6. The predicted molar refractivity (Wildman–Crippen MR) is 143 cm³/mol. The topological polar surface area (TPSA) is 116 Å². The van der Waals surface area contributed by atoms with Gasteiger partial charge in [-0.2, -0.15) is 0 Å².